The molecule has 1 amide bonds. The van der Waals surface area contributed by atoms with Gasteiger partial charge in [0.15, 0.2) is 0 Å². The Labute approximate surface area is 115 Å². The molecule has 0 saturated heterocycles. The van der Waals surface area contributed by atoms with E-state index in [2.05, 4.69) is 10.5 Å². The monoisotopic (exact) mass is 273 g/mol. The fourth-order valence-corrected chi connectivity index (χ4v) is 1.72. The Morgan fingerprint density at radius 3 is 2.65 bits per heavy atom. The first-order chi connectivity index (χ1) is 9.58. The van der Waals surface area contributed by atoms with Crippen LogP contribution in [0.1, 0.15) is 21.7 Å². The van der Waals surface area contributed by atoms with Crippen molar-refractivity contribution in [3.05, 3.63) is 53.5 Å². The number of anilines is 1. The molecule has 104 valence electrons. The van der Waals surface area contributed by atoms with E-state index in [1.807, 2.05) is 0 Å². The van der Waals surface area contributed by atoms with Crippen LogP contribution in [0.15, 0.2) is 46.2 Å². The molecular weight excluding hydrogens is 258 g/mol. The van der Waals surface area contributed by atoms with Crippen LogP contribution in [0.3, 0.4) is 0 Å². The van der Waals surface area contributed by atoms with Crippen LogP contribution < -0.4 is 11.1 Å². The van der Waals surface area contributed by atoms with E-state index in [9.17, 15) is 4.79 Å². The molecule has 4 N–H and O–H groups in total. The minimum Gasteiger partial charge on any atom is -0.469 e. The van der Waals surface area contributed by atoms with Gasteiger partial charge in [-0.2, -0.15) is 0 Å². The summed E-state index contributed by atoms with van der Waals surface area (Å²) in [5.41, 5.74) is 7.45. The fraction of sp³-hybridized carbons (Fsp3) is 0.143. The molecule has 20 heavy (non-hydrogen) atoms. The fourth-order valence-electron chi connectivity index (χ4n) is 1.72. The summed E-state index contributed by atoms with van der Waals surface area (Å²) in [7, 11) is 0. The number of nitrogens with zero attached hydrogens (tertiary/aromatic N) is 1. The van der Waals surface area contributed by atoms with Crippen molar-refractivity contribution >= 4 is 17.4 Å². The number of benzene rings is 1. The molecule has 6 nitrogen and oxygen atoms in total. The highest BCUT2D eigenvalue weighted by molar-refractivity contribution is 6.04. The van der Waals surface area contributed by atoms with E-state index in [0.29, 0.717) is 23.4 Å². The van der Waals surface area contributed by atoms with E-state index in [4.69, 9.17) is 15.4 Å². The van der Waals surface area contributed by atoms with Crippen molar-refractivity contribution in [2.24, 2.45) is 10.9 Å². The Morgan fingerprint density at radius 2 is 2.10 bits per heavy atom. The number of nitrogens with one attached hydrogen (secondary N) is 1. The maximum absolute atomic E-state index is 11.9. The molecule has 2 aromatic rings. The van der Waals surface area contributed by atoms with Crippen molar-refractivity contribution in [3.8, 4) is 0 Å². The van der Waals surface area contributed by atoms with E-state index < -0.39 is 0 Å². The lowest BCUT2D eigenvalue weighted by Gasteiger charge is -2.05. The Balaban J connectivity index is 2.02. The lowest BCUT2D eigenvalue weighted by atomic mass is 10.1. The molecule has 1 aromatic carbocycles. The number of hydrogen-bond acceptors (Lipinski definition) is 4. The summed E-state index contributed by atoms with van der Waals surface area (Å²) in [4.78, 5) is 11.9. The smallest absolute Gasteiger partial charge is 0.258 e. The predicted molar refractivity (Wildman–Crippen MR) is 75.0 cm³/mol. The highest BCUT2D eigenvalue weighted by Crippen LogP contribution is 2.13. The molecule has 1 aromatic heterocycles. The number of aryl methyl sites for hydroxylation is 1. The molecule has 0 bridgehead atoms. The van der Waals surface area contributed by atoms with Gasteiger partial charge < -0.3 is 20.7 Å². The topological polar surface area (TPSA) is 101 Å². The lowest BCUT2D eigenvalue weighted by Crippen LogP contribution is -2.15. The number of furan rings is 1. The van der Waals surface area contributed by atoms with Crippen molar-refractivity contribution in [1.82, 2.24) is 0 Å². The predicted octanol–water partition coefficient (Wildman–Crippen LogP) is 2.13. The minimum absolute atomic E-state index is 0.135. The van der Waals surface area contributed by atoms with Gasteiger partial charge in [-0.15, -0.1) is 0 Å². The molecule has 2 rings (SSSR count). The van der Waals surface area contributed by atoms with E-state index in [-0.39, 0.29) is 11.7 Å². The normalized spacial score (nSPS) is 11.3. The van der Waals surface area contributed by atoms with Gasteiger partial charge in [-0.1, -0.05) is 17.3 Å². The minimum atomic E-state index is -0.231. The molecule has 0 saturated carbocycles. The van der Waals surface area contributed by atoms with E-state index >= 15 is 0 Å². The molecule has 0 unspecified atom stereocenters. The van der Waals surface area contributed by atoms with Gasteiger partial charge in [0.25, 0.3) is 5.91 Å². The Bertz CT molecular complexity index is 629. The van der Waals surface area contributed by atoms with E-state index in [0.717, 1.165) is 5.56 Å². The largest absolute Gasteiger partial charge is 0.469 e. The maximum Gasteiger partial charge on any atom is 0.258 e. The number of amidine groups is 1. The second-order valence-corrected chi connectivity index (χ2v) is 4.37. The lowest BCUT2D eigenvalue weighted by molar-refractivity contribution is 0.102. The molecule has 6 heteroatoms. The van der Waals surface area contributed by atoms with Crippen LogP contribution in [-0.2, 0) is 6.42 Å². The first-order valence-electron chi connectivity index (χ1n) is 6.00. The van der Waals surface area contributed by atoms with Crippen LogP contribution in [0.4, 0.5) is 5.69 Å². The van der Waals surface area contributed by atoms with Crippen LogP contribution in [0.25, 0.3) is 0 Å². The van der Waals surface area contributed by atoms with Crippen LogP contribution >= 0.6 is 0 Å². The van der Waals surface area contributed by atoms with Gasteiger partial charge in [0, 0.05) is 12.1 Å². The Morgan fingerprint density at radius 1 is 1.40 bits per heavy atom. The SMILES string of the molecule is Cc1cc(C(=O)Nc2ccc(C/C(N)=N/O)cc2)co1. The summed E-state index contributed by atoms with van der Waals surface area (Å²) in [5.74, 6) is 0.589. The standard InChI is InChI=1S/C14H15N3O3/c1-9-6-11(8-20-9)14(18)16-12-4-2-10(3-5-12)7-13(15)17-19/h2-6,8,19H,7H2,1H3,(H2,15,17)(H,16,18). The van der Waals surface area contributed by atoms with Gasteiger partial charge in [0.05, 0.1) is 5.56 Å². The zero-order valence-electron chi connectivity index (χ0n) is 11.0. The summed E-state index contributed by atoms with van der Waals surface area (Å²) in [5, 5.41) is 14.2. The van der Waals surface area contributed by atoms with Crippen LogP contribution in [0.2, 0.25) is 0 Å². The number of hydrogen-bond donors (Lipinski definition) is 3. The number of rotatable bonds is 4. The molecule has 0 aliphatic heterocycles. The van der Waals surface area contributed by atoms with Gasteiger partial charge in [-0.05, 0) is 30.7 Å². The number of nitrogens with two attached hydrogens (primary N) is 1. The van der Waals surface area contributed by atoms with Crippen molar-refractivity contribution in [3.63, 3.8) is 0 Å². The van der Waals surface area contributed by atoms with Crippen LogP contribution in [0, 0.1) is 6.92 Å². The highest BCUT2D eigenvalue weighted by Gasteiger charge is 2.08. The Hall–Kier alpha value is -2.76. The van der Waals surface area contributed by atoms with Crippen molar-refractivity contribution in [2.75, 3.05) is 5.32 Å². The third kappa shape index (κ3) is 3.38. The third-order valence-corrected chi connectivity index (χ3v) is 2.72. The molecule has 0 spiro atoms. The number of oxime groups is 1. The van der Waals surface area contributed by atoms with Crippen molar-refractivity contribution in [1.29, 1.82) is 0 Å². The van der Waals surface area contributed by atoms with E-state index in [1.54, 1.807) is 37.3 Å². The van der Waals surface area contributed by atoms with Crippen LogP contribution in [0.5, 0.6) is 0 Å². The zero-order chi connectivity index (χ0) is 14.5. The Kier molecular flexibility index (Phi) is 4.05. The van der Waals surface area contributed by atoms with Gasteiger partial charge in [-0.25, -0.2) is 0 Å². The van der Waals surface area contributed by atoms with Gasteiger partial charge in [-0.3, -0.25) is 4.79 Å². The summed E-state index contributed by atoms with van der Waals surface area (Å²) in [6.07, 6.45) is 1.77. The molecule has 0 atom stereocenters. The zero-order valence-corrected chi connectivity index (χ0v) is 11.0. The molecule has 0 fully saturated rings. The molecular formula is C14H15N3O3. The molecule has 0 radical (unpaired) electrons. The maximum atomic E-state index is 11.9. The summed E-state index contributed by atoms with van der Waals surface area (Å²) < 4.78 is 5.09. The van der Waals surface area contributed by atoms with Gasteiger partial charge in [0.1, 0.15) is 17.9 Å². The molecule has 0 aliphatic carbocycles. The van der Waals surface area contributed by atoms with Gasteiger partial charge in [0.2, 0.25) is 0 Å². The number of carbonyl (C=O) groups excluding carboxylic acids is 1. The first-order valence-corrected chi connectivity index (χ1v) is 6.00. The second-order valence-electron chi connectivity index (χ2n) is 4.37. The second kappa shape index (κ2) is 5.92. The average molecular weight is 273 g/mol. The quantitative estimate of drug-likeness (QED) is 0.344. The molecule has 0 aliphatic rings. The van der Waals surface area contributed by atoms with Crippen molar-refractivity contribution in [2.45, 2.75) is 13.3 Å². The average Bonchev–Trinajstić information content (AvgIpc) is 2.87. The van der Waals surface area contributed by atoms with Gasteiger partial charge >= 0.3 is 0 Å². The highest BCUT2D eigenvalue weighted by atomic mass is 16.4. The third-order valence-electron chi connectivity index (χ3n) is 2.72. The molecule has 1 heterocycles. The summed E-state index contributed by atoms with van der Waals surface area (Å²) in [6, 6.07) is 8.78. The summed E-state index contributed by atoms with van der Waals surface area (Å²) >= 11 is 0. The summed E-state index contributed by atoms with van der Waals surface area (Å²) in [6.45, 7) is 1.78. The number of amides is 1. The van der Waals surface area contributed by atoms with Crippen molar-refractivity contribution < 1.29 is 14.4 Å². The van der Waals surface area contributed by atoms with E-state index in [1.165, 1.54) is 6.26 Å². The van der Waals surface area contributed by atoms with Crippen LogP contribution in [-0.4, -0.2) is 17.0 Å². The first kappa shape index (κ1) is 13.7. The number of carbonyl (C=O) groups is 1.